The van der Waals surface area contributed by atoms with E-state index in [0.29, 0.717) is 17.6 Å². The van der Waals surface area contributed by atoms with E-state index in [2.05, 4.69) is 20.3 Å². The molecular weight excluding hydrogens is 297 g/mol. The van der Waals surface area contributed by atoms with Crippen molar-refractivity contribution in [2.24, 2.45) is 0 Å². The second-order valence-electron chi connectivity index (χ2n) is 4.45. The number of hydrogen-bond acceptors (Lipinski definition) is 6. The molecule has 1 aromatic heterocycles. The van der Waals surface area contributed by atoms with Crippen LogP contribution in [0.4, 0.5) is 16.3 Å². The minimum absolute atomic E-state index is 0.0755. The molecule has 0 spiro atoms. The van der Waals surface area contributed by atoms with Crippen LogP contribution in [0.3, 0.4) is 0 Å². The molecule has 6 nitrogen and oxygen atoms in total. The lowest BCUT2D eigenvalue weighted by Gasteiger charge is -2.16. The molecule has 2 atom stereocenters. The Hall–Kier alpha value is -1.99. The molecule has 0 aromatic carbocycles. The molecule has 1 aliphatic rings. The van der Waals surface area contributed by atoms with Gasteiger partial charge in [0.05, 0.1) is 12.7 Å². The number of ether oxygens (including phenoxy) is 1. The molecule has 3 N–H and O–H groups in total. The number of nitrogens with one attached hydrogen (secondary N) is 1. The molecule has 1 aromatic rings. The Morgan fingerprint density at radius 1 is 1.52 bits per heavy atom. The third-order valence-electron chi connectivity index (χ3n) is 2.55. The first-order valence-corrected chi connectivity index (χ1v) is 6.66. The average Bonchev–Trinajstić information content (AvgIpc) is 2.57. The van der Waals surface area contributed by atoms with E-state index >= 15 is 0 Å². The SMILES string of the molecule is CC(COC1C=CC(F)=CC(Cl)=C1)Nc1ncnc(N)n1. The number of nitrogen functional groups attached to an aromatic ring is 1. The van der Waals surface area contributed by atoms with Crippen LogP contribution < -0.4 is 11.1 Å². The van der Waals surface area contributed by atoms with E-state index in [1.807, 2.05) is 6.92 Å². The first-order valence-electron chi connectivity index (χ1n) is 6.28. The lowest BCUT2D eigenvalue weighted by molar-refractivity contribution is 0.109. The molecule has 8 heteroatoms. The number of anilines is 2. The lowest BCUT2D eigenvalue weighted by Crippen LogP contribution is -2.25. The van der Waals surface area contributed by atoms with Crippen LogP contribution in [0, 0.1) is 0 Å². The Kier molecular flexibility index (Phi) is 5.24. The summed E-state index contributed by atoms with van der Waals surface area (Å²) < 4.78 is 18.8. The fourth-order valence-corrected chi connectivity index (χ4v) is 1.86. The Morgan fingerprint density at radius 2 is 2.33 bits per heavy atom. The number of hydrogen-bond donors (Lipinski definition) is 2. The van der Waals surface area contributed by atoms with E-state index in [9.17, 15) is 4.39 Å². The Morgan fingerprint density at radius 3 is 3.10 bits per heavy atom. The van der Waals surface area contributed by atoms with Gasteiger partial charge in [-0.25, -0.2) is 14.4 Å². The zero-order chi connectivity index (χ0) is 15.2. The zero-order valence-corrected chi connectivity index (χ0v) is 12.1. The first kappa shape index (κ1) is 15.4. The van der Waals surface area contributed by atoms with Crippen molar-refractivity contribution in [1.82, 2.24) is 15.0 Å². The van der Waals surface area contributed by atoms with E-state index in [4.69, 9.17) is 22.1 Å². The highest BCUT2D eigenvalue weighted by Crippen LogP contribution is 2.17. The highest BCUT2D eigenvalue weighted by Gasteiger charge is 2.10. The van der Waals surface area contributed by atoms with Crippen molar-refractivity contribution in [2.75, 3.05) is 17.7 Å². The maximum absolute atomic E-state index is 13.1. The Bertz CT molecular complexity index is 590. The van der Waals surface area contributed by atoms with Gasteiger partial charge in [-0.05, 0) is 31.2 Å². The van der Waals surface area contributed by atoms with Crippen molar-refractivity contribution in [3.8, 4) is 0 Å². The molecule has 0 amide bonds. The van der Waals surface area contributed by atoms with Crippen molar-refractivity contribution >= 4 is 23.5 Å². The van der Waals surface area contributed by atoms with Gasteiger partial charge in [0.1, 0.15) is 12.2 Å². The monoisotopic (exact) mass is 311 g/mol. The van der Waals surface area contributed by atoms with Gasteiger partial charge in [0.15, 0.2) is 0 Å². The second-order valence-corrected chi connectivity index (χ2v) is 4.89. The molecule has 2 rings (SSSR count). The van der Waals surface area contributed by atoms with E-state index in [1.165, 1.54) is 18.5 Å². The van der Waals surface area contributed by atoms with E-state index in [-0.39, 0.29) is 12.0 Å². The number of rotatable bonds is 5. The summed E-state index contributed by atoms with van der Waals surface area (Å²) in [5.74, 6) is 0.106. The first-order chi connectivity index (χ1) is 10.0. The normalized spacial score (nSPS) is 19.5. The largest absolute Gasteiger partial charge is 0.368 e. The molecule has 0 saturated heterocycles. The summed E-state index contributed by atoms with van der Waals surface area (Å²) in [6.45, 7) is 2.24. The predicted molar refractivity (Wildman–Crippen MR) is 79.3 cm³/mol. The number of halogens is 2. The third-order valence-corrected chi connectivity index (χ3v) is 2.78. The molecule has 21 heavy (non-hydrogen) atoms. The molecule has 0 aliphatic heterocycles. The summed E-state index contributed by atoms with van der Waals surface area (Å²) in [6.07, 6.45) is 6.70. The Balaban J connectivity index is 1.85. The van der Waals surface area contributed by atoms with Crippen LogP contribution in [0.2, 0.25) is 0 Å². The number of nitrogens with zero attached hydrogens (tertiary/aromatic N) is 3. The maximum Gasteiger partial charge on any atom is 0.227 e. The predicted octanol–water partition coefficient (Wildman–Crippen LogP) is 2.19. The van der Waals surface area contributed by atoms with Gasteiger partial charge in [0.25, 0.3) is 0 Å². The second kappa shape index (κ2) is 7.14. The average molecular weight is 312 g/mol. The van der Waals surface area contributed by atoms with Crippen molar-refractivity contribution in [1.29, 1.82) is 0 Å². The summed E-state index contributed by atoms with van der Waals surface area (Å²) in [7, 11) is 0. The molecule has 0 bridgehead atoms. The van der Waals surface area contributed by atoms with Crippen LogP contribution in [-0.2, 0) is 4.74 Å². The van der Waals surface area contributed by atoms with Gasteiger partial charge in [0, 0.05) is 11.1 Å². The van der Waals surface area contributed by atoms with Crippen LogP contribution in [0.25, 0.3) is 0 Å². The zero-order valence-electron chi connectivity index (χ0n) is 11.3. The smallest absolute Gasteiger partial charge is 0.227 e. The van der Waals surface area contributed by atoms with Gasteiger partial charge in [-0.2, -0.15) is 4.98 Å². The molecule has 1 heterocycles. The molecule has 1 aliphatic carbocycles. The van der Waals surface area contributed by atoms with Crippen LogP contribution in [-0.4, -0.2) is 33.7 Å². The highest BCUT2D eigenvalue weighted by molar-refractivity contribution is 6.31. The minimum atomic E-state index is -0.408. The van der Waals surface area contributed by atoms with Gasteiger partial charge in [-0.3, -0.25) is 0 Å². The van der Waals surface area contributed by atoms with Crippen molar-refractivity contribution in [3.05, 3.63) is 41.5 Å². The molecule has 112 valence electrons. The van der Waals surface area contributed by atoms with Crippen LogP contribution in [0.1, 0.15) is 6.92 Å². The fourth-order valence-electron chi connectivity index (χ4n) is 1.63. The van der Waals surface area contributed by atoms with Gasteiger partial charge in [-0.1, -0.05) is 11.6 Å². The van der Waals surface area contributed by atoms with Crippen LogP contribution in [0.15, 0.2) is 41.5 Å². The fraction of sp³-hybridized carbons (Fsp3) is 0.308. The van der Waals surface area contributed by atoms with Gasteiger partial charge in [0.2, 0.25) is 11.9 Å². The highest BCUT2D eigenvalue weighted by atomic mass is 35.5. The molecule has 0 saturated carbocycles. The van der Waals surface area contributed by atoms with Crippen molar-refractivity contribution < 1.29 is 9.13 Å². The van der Waals surface area contributed by atoms with E-state index in [1.54, 1.807) is 12.2 Å². The van der Waals surface area contributed by atoms with E-state index < -0.39 is 11.9 Å². The van der Waals surface area contributed by atoms with Crippen molar-refractivity contribution in [2.45, 2.75) is 19.1 Å². The summed E-state index contributed by atoms with van der Waals surface area (Å²) in [4.78, 5) is 11.6. The molecule has 2 unspecified atom stereocenters. The summed E-state index contributed by atoms with van der Waals surface area (Å²) in [6, 6.07) is -0.0755. The van der Waals surface area contributed by atoms with Gasteiger partial charge in [-0.15, -0.1) is 0 Å². The third kappa shape index (κ3) is 5.13. The van der Waals surface area contributed by atoms with Gasteiger partial charge < -0.3 is 15.8 Å². The summed E-state index contributed by atoms with van der Waals surface area (Å²) >= 11 is 5.84. The molecular formula is C13H15ClFN5O. The summed E-state index contributed by atoms with van der Waals surface area (Å²) in [5, 5.41) is 3.33. The van der Waals surface area contributed by atoms with Crippen LogP contribution in [0.5, 0.6) is 0 Å². The van der Waals surface area contributed by atoms with Crippen LogP contribution >= 0.6 is 11.6 Å². The van der Waals surface area contributed by atoms with Crippen molar-refractivity contribution in [3.63, 3.8) is 0 Å². The number of nitrogens with two attached hydrogens (primary N) is 1. The quantitative estimate of drug-likeness (QED) is 0.867. The standard InChI is InChI=1S/C13H15ClFN5O/c1-8(19-13-18-7-17-12(16)20-13)6-21-11-3-2-10(15)4-9(14)5-11/h2-5,7-8,11H,6H2,1H3,(H3,16,17,18,19,20). The Labute approximate surface area is 126 Å². The van der Waals surface area contributed by atoms with Gasteiger partial charge >= 0.3 is 0 Å². The lowest BCUT2D eigenvalue weighted by atomic mass is 10.3. The maximum atomic E-state index is 13.1. The molecule has 0 radical (unpaired) electrons. The topological polar surface area (TPSA) is 86.0 Å². The molecule has 0 fully saturated rings. The number of aromatic nitrogens is 3. The van der Waals surface area contributed by atoms with E-state index in [0.717, 1.165) is 0 Å². The number of allylic oxidation sites excluding steroid dienone is 4. The minimum Gasteiger partial charge on any atom is -0.368 e. The summed E-state index contributed by atoms with van der Waals surface area (Å²) in [5.41, 5.74) is 5.46.